The molecule has 0 fully saturated rings. The first kappa shape index (κ1) is 18.9. The predicted octanol–water partition coefficient (Wildman–Crippen LogP) is 4.74. The smallest absolute Gasteiger partial charge is 0.244 e. The van der Waals surface area contributed by atoms with Crippen LogP contribution in [-0.4, -0.2) is 16.8 Å². The molecule has 0 radical (unpaired) electrons. The van der Waals surface area contributed by atoms with E-state index in [4.69, 9.17) is 26.8 Å². The molecule has 2 aromatic carbocycles. The Morgan fingerprint density at radius 2 is 1.93 bits per heavy atom. The van der Waals surface area contributed by atoms with E-state index >= 15 is 0 Å². The zero-order chi connectivity index (χ0) is 20.4. The van der Waals surface area contributed by atoms with E-state index in [1.165, 1.54) is 0 Å². The van der Waals surface area contributed by atoms with Crippen LogP contribution in [0.2, 0.25) is 5.02 Å². The molecule has 1 atom stereocenters. The molecule has 2 heterocycles. The van der Waals surface area contributed by atoms with Gasteiger partial charge < -0.3 is 15.2 Å². The van der Waals surface area contributed by atoms with Gasteiger partial charge in [0.2, 0.25) is 11.8 Å². The number of nitrogens with one attached hydrogen (secondary N) is 1. The second kappa shape index (κ2) is 7.90. The molecule has 0 aliphatic carbocycles. The Morgan fingerprint density at radius 1 is 1.21 bits per heavy atom. The predicted molar refractivity (Wildman–Crippen MR) is 111 cm³/mol. The lowest BCUT2D eigenvalue weighted by Crippen LogP contribution is -2.20. The number of nitrogens with zero attached hydrogens (tertiary/aromatic N) is 2. The first-order valence-corrected chi connectivity index (χ1v) is 9.64. The number of benzene rings is 2. The van der Waals surface area contributed by atoms with Crippen molar-refractivity contribution in [2.45, 2.75) is 19.3 Å². The average molecular weight is 407 g/mol. The zero-order valence-corrected chi connectivity index (χ0v) is 16.5. The first-order valence-electron chi connectivity index (χ1n) is 9.27. The largest absolute Gasteiger partial charge is 0.494 e. The van der Waals surface area contributed by atoms with Crippen molar-refractivity contribution in [3.8, 4) is 29.0 Å². The Bertz CT molecular complexity index is 1100. The van der Waals surface area contributed by atoms with E-state index in [0.717, 1.165) is 34.6 Å². The summed E-state index contributed by atoms with van der Waals surface area (Å²) in [6.45, 7) is 2.73. The highest BCUT2D eigenvalue weighted by Gasteiger charge is 2.35. The minimum atomic E-state index is -0.411. The van der Waals surface area contributed by atoms with E-state index in [2.05, 4.69) is 23.2 Å². The van der Waals surface area contributed by atoms with Crippen molar-refractivity contribution >= 4 is 11.6 Å². The fraction of sp³-hybridized carbons (Fsp3) is 0.182. The Morgan fingerprint density at radius 3 is 2.59 bits per heavy atom. The number of allylic oxidation sites excluding steroid dienone is 1. The molecule has 0 saturated heterocycles. The number of fused-ring (bicyclic) bond motifs is 1. The monoisotopic (exact) mass is 406 g/mol. The van der Waals surface area contributed by atoms with Gasteiger partial charge in [-0.15, -0.1) is 5.10 Å². The second-order valence-electron chi connectivity index (χ2n) is 6.67. The molecule has 0 bridgehead atoms. The van der Waals surface area contributed by atoms with Crippen molar-refractivity contribution in [1.29, 1.82) is 5.26 Å². The van der Waals surface area contributed by atoms with E-state index in [1.807, 2.05) is 36.4 Å². The van der Waals surface area contributed by atoms with Gasteiger partial charge in [0.25, 0.3) is 0 Å². The summed E-state index contributed by atoms with van der Waals surface area (Å²) in [5.74, 6) is 0.811. The van der Waals surface area contributed by atoms with Crippen molar-refractivity contribution in [3.63, 3.8) is 0 Å². The van der Waals surface area contributed by atoms with Gasteiger partial charge in [-0.25, -0.2) is 0 Å². The molecule has 4 rings (SSSR count). The highest BCUT2D eigenvalue weighted by atomic mass is 35.5. The zero-order valence-electron chi connectivity index (χ0n) is 15.8. The lowest BCUT2D eigenvalue weighted by Gasteiger charge is -2.24. The summed E-state index contributed by atoms with van der Waals surface area (Å²) in [7, 11) is 0. The quantitative estimate of drug-likeness (QED) is 0.638. The number of H-pyrrole nitrogens is 1. The number of halogens is 1. The second-order valence-corrected chi connectivity index (χ2v) is 7.10. The molecule has 7 heteroatoms. The normalized spacial score (nSPS) is 15.4. The summed E-state index contributed by atoms with van der Waals surface area (Å²) in [6.07, 6.45) is 0.945. The first-order chi connectivity index (χ1) is 14.1. The van der Waals surface area contributed by atoms with Crippen LogP contribution >= 0.6 is 11.6 Å². The molecule has 1 aromatic heterocycles. The molecule has 0 saturated carbocycles. The summed E-state index contributed by atoms with van der Waals surface area (Å²) >= 11 is 6.05. The van der Waals surface area contributed by atoms with Crippen LogP contribution in [0.1, 0.15) is 30.4 Å². The van der Waals surface area contributed by atoms with Crippen molar-refractivity contribution in [1.82, 2.24) is 10.2 Å². The molecule has 6 nitrogen and oxygen atoms in total. The number of nitrogens with two attached hydrogens (primary N) is 1. The Labute approximate surface area is 173 Å². The summed E-state index contributed by atoms with van der Waals surface area (Å²) < 4.78 is 11.3. The molecule has 1 aliphatic rings. The van der Waals surface area contributed by atoms with E-state index in [9.17, 15) is 5.26 Å². The molecule has 1 aliphatic heterocycles. The third kappa shape index (κ3) is 3.53. The van der Waals surface area contributed by atoms with Crippen molar-refractivity contribution in [2.75, 3.05) is 6.61 Å². The van der Waals surface area contributed by atoms with Crippen LogP contribution in [0.3, 0.4) is 0 Å². The molecular weight excluding hydrogens is 388 g/mol. The third-order valence-corrected chi connectivity index (χ3v) is 5.01. The maximum absolute atomic E-state index is 9.75. The van der Waals surface area contributed by atoms with Gasteiger partial charge in [0, 0.05) is 10.6 Å². The van der Waals surface area contributed by atoms with Gasteiger partial charge in [0.1, 0.15) is 17.4 Å². The number of rotatable bonds is 5. The van der Waals surface area contributed by atoms with Gasteiger partial charge in [-0.05, 0) is 48.4 Å². The number of hydrogen-bond acceptors (Lipinski definition) is 5. The summed E-state index contributed by atoms with van der Waals surface area (Å²) in [5.41, 5.74) is 9.67. The lowest BCUT2D eigenvalue weighted by atomic mass is 9.83. The van der Waals surface area contributed by atoms with Crippen LogP contribution in [0.4, 0.5) is 0 Å². The SMILES string of the molecule is CCCOc1ccc(-c2[nH]nc3c2C(c2ccc(Cl)cc2)C(C#N)=C(N)O3)cc1. The summed E-state index contributed by atoms with van der Waals surface area (Å²) in [4.78, 5) is 0. The molecule has 3 aromatic rings. The maximum atomic E-state index is 9.75. The summed E-state index contributed by atoms with van der Waals surface area (Å²) in [6, 6.07) is 17.3. The molecule has 29 heavy (non-hydrogen) atoms. The fourth-order valence-corrected chi connectivity index (χ4v) is 3.52. The van der Waals surface area contributed by atoms with Gasteiger partial charge in [-0.2, -0.15) is 5.26 Å². The lowest BCUT2D eigenvalue weighted by molar-refractivity contribution is 0.317. The van der Waals surface area contributed by atoms with Gasteiger partial charge in [0.05, 0.1) is 23.8 Å². The number of nitriles is 1. The highest BCUT2D eigenvalue weighted by Crippen LogP contribution is 2.45. The Balaban J connectivity index is 1.80. The van der Waals surface area contributed by atoms with Crippen LogP contribution in [-0.2, 0) is 0 Å². The standard InChI is InChI=1S/C22H19ClN4O2/c1-2-11-28-16-9-5-14(6-10-16)20-19-18(13-3-7-15(23)8-4-13)17(12-24)21(25)29-22(19)27-26-20/h3-10,18H,2,11,25H2,1H3,(H,26,27). The van der Waals surface area contributed by atoms with Crippen LogP contribution in [0.25, 0.3) is 11.3 Å². The average Bonchev–Trinajstić information content (AvgIpc) is 3.15. The van der Waals surface area contributed by atoms with Gasteiger partial charge in [0.15, 0.2) is 0 Å². The van der Waals surface area contributed by atoms with Gasteiger partial charge >= 0.3 is 0 Å². The minimum Gasteiger partial charge on any atom is -0.494 e. The Kier molecular flexibility index (Phi) is 5.15. The van der Waals surface area contributed by atoms with Crippen LogP contribution in [0.15, 0.2) is 60.0 Å². The third-order valence-electron chi connectivity index (χ3n) is 4.76. The van der Waals surface area contributed by atoms with Crippen LogP contribution in [0, 0.1) is 11.3 Å². The summed E-state index contributed by atoms with van der Waals surface area (Å²) in [5, 5.41) is 17.7. The molecule has 3 N–H and O–H groups in total. The molecule has 146 valence electrons. The molecule has 0 amide bonds. The van der Waals surface area contributed by atoms with Gasteiger partial charge in [-0.1, -0.05) is 30.7 Å². The minimum absolute atomic E-state index is 0.0568. The van der Waals surface area contributed by atoms with E-state index < -0.39 is 5.92 Å². The molecule has 1 unspecified atom stereocenters. The van der Waals surface area contributed by atoms with E-state index in [-0.39, 0.29) is 5.88 Å². The number of aromatic nitrogens is 2. The van der Waals surface area contributed by atoms with Crippen LogP contribution in [0.5, 0.6) is 11.6 Å². The van der Waals surface area contributed by atoms with E-state index in [0.29, 0.717) is 23.1 Å². The van der Waals surface area contributed by atoms with Crippen molar-refractivity contribution in [2.24, 2.45) is 5.73 Å². The number of ether oxygens (including phenoxy) is 2. The van der Waals surface area contributed by atoms with Gasteiger partial charge in [-0.3, -0.25) is 5.10 Å². The fourth-order valence-electron chi connectivity index (χ4n) is 3.39. The van der Waals surface area contributed by atoms with Crippen molar-refractivity contribution < 1.29 is 9.47 Å². The molecule has 0 spiro atoms. The number of aromatic amines is 1. The number of hydrogen-bond donors (Lipinski definition) is 2. The highest BCUT2D eigenvalue weighted by molar-refractivity contribution is 6.30. The Hall–Kier alpha value is -3.43. The van der Waals surface area contributed by atoms with Crippen molar-refractivity contribution in [3.05, 3.63) is 76.1 Å². The topological polar surface area (TPSA) is 97.0 Å². The maximum Gasteiger partial charge on any atom is 0.244 e. The van der Waals surface area contributed by atoms with Crippen LogP contribution < -0.4 is 15.2 Å². The molecular formula is C22H19ClN4O2. The van der Waals surface area contributed by atoms with E-state index in [1.54, 1.807) is 12.1 Å².